The van der Waals surface area contributed by atoms with E-state index in [4.69, 9.17) is 5.73 Å². The molecule has 1 unspecified atom stereocenters. The molecule has 3 amide bonds. The number of likely N-dealkylation sites (tertiary alicyclic amines) is 1. The van der Waals surface area contributed by atoms with Gasteiger partial charge in [-0.15, -0.1) is 0 Å². The molecule has 1 aromatic heterocycles. The van der Waals surface area contributed by atoms with Crippen LogP contribution in [0.2, 0.25) is 0 Å². The van der Waals surface area contributed by atoms with Gasteiger partial charge in [0.25, 0.3) is 0 Å². The number of nitrogens with one attached hydrogen (secondary N) is 1. The fourth-order valence-electron chi connectivity index (χ4n) is 3.40. The molecule has 1 atom stereocenters. The van der Waals surface area contributed by atoms with E-state index in [2.05, 4.69) is 10.3 Å². The van der Waals surface area contributed by atoms with Gasteiger partial charge >= 0.3 is 6.03 Å². The lowest BCUT2D eigenvalue weighted by molar-refractivity contribution is 0.1000. The predicted octanol–water partition coefficient (Wildman–Crippen LogP) is 3.01. The normalized spacial score (nSPS) is 17.4. The van der Waals surface area contributed by atoms with Crippen LogP contribution in [-0.4, -0.2) is 28.4 Å². The second-order valence-electron chi connectivity index (χ2n) is 6.56. The van der Waals surface area contributed by atoms with Crippen LogP contribution in [0.5, 0.6) is 0 Å². The van der Waals surface area contributed by atoms with Crippen molar-refractivity contribution < 1.29 is 9.59 Å². The summed E-state index contributed by atoms with van der Waals surface area (Å²) in [6, 6.07) is 11.0. The zero-order valence-electron chi connectivity index (χ0n) is 14.7. The number of carbonyl (C=O) groups excluding carboxylic acids is 2. The first kappa shape index (κ1) is 17.9. The molecule has 136 valence electrons. The van der Waals surface area contributed by atoms with Gasteiger partial charge in [-0.25, -0.2) is 4.79 Å². The number of carbonyl (C=O) groups is 2. The Balaban J connectivity index is 1.70. The number of primary amides is 1. The highest BCUT2D eigenvalue weighted by molar-refractivity contribution is 5.92. The molecule has 1 saturated heterocycles. The number of aromatic nitrogens is 1. The number of benzene rings is 1. The number of rotatable bonds is 4. The Labute approximate surface area is 153 Å². The van der Waals surface area contributed by atoms with Crippen LogP contribution in [0, 0.1) is 0 Å². The van der Waals surface area contributed by atoms with E-state index in [0.29, 0.717) is 12.1 Å². The molecule has 1 fully saturated rings. The molecule has 0 aliphatic carbocycles. The minimum atomic E-state index is -0.469. The van der Waals surface area contributed by atoms with E-state index in [1.165, 1.54) is 0 Å². The Kier molecular flexibility index (Phi) is 5.84. The van der Waals surface area contributed by atoms with Crippen molar-refractivity contribution in [3.63, 3.8) is 0 Å². The van der Waals surface area contributed by atoms with Gasteiger partial charge in [-0.05, 0) is 48.2 Å². The molecule has 1 aliphatic rings. The van der Waals surface area contributed by atoms with Crippen LogP contribution in [-0.2, 0) is 6.54 Å². The van der Waals surface area contributed by atoms with Crippen molar-refractivity contribution in [2.24, 2.45) is 5.73 Å². The Morgan fingerprint density at radius 2 is 1.96 bits per heavy atom. The highest BCUT2D eigenvalue weighted by atomic mass is 16.2. The zero-order chi connectivity index (χ0) is 18.4. The number of hydrogen-bond acceptors (Lipinski definition) is 3. The molecule has 0 spiro atoms. The summed E-state index contributed by atoms with van der Waals surface area (Å²) in [5.74, 6) is -0.469. The Hall–Kier alpha value is -2.89. The highest BCUT2D eigenvalue weighted by Crippen LogP contribution is 2.29. The SMILES string of the molecule is NC(=O)c1cccc(CNC(=O)N2CCCCCC2c2ccncc2)c1. The van der Waals surface area contributed by atoms with E-state index in [0.717, 1.165) is 43.4 Å². The van der Waals surface area contributed by atoms with Crippen molar-refractivity contribution in [1.29, 1.82) is 0 Å². The van der Waals surface area contributed by atoms with Gasteiger partial charge in [0, 0.05) is 31.0 Å². The fourth-order valence-corrected chi connectivity index (χ4v) is 3.40. The van der Waals surface area contributed by atoms with E-state index in [9.17, 15) is 9.59 Å². The van der Waals surface area contributed by atoms with Crippen LogP contribution < -0.4 is 11.1 Å². The molecule has 0 saturated carbocycles. The molecule has 3 N–H and O–H groups in total. The van der Waals surface area contributed by atoms with Crippen molar-refractivity contribution in [1.82, 2.24) is 15.2 Å². The first-order chi connectivity index (χ1) is 12.6. The smallest absolute Gasteiger partial charge is 0.318 e. The minimum Gasteiger partial charge on any atom is -0.366 e. The maximum atomic E-state index is 12.8. The maximum Gasteiger partial charge on any atom is 0.318 e. The molecule has 6 nitrogen and oxygen atoms in total. The molecular formula is C20H24N4O2. The van der Waals surface area contributed by atoms with Crippen molar-refractivity contribution >= 4 is 11.9 Å². The van der Waals surface area contributed by atoms with Gasteiger partial charge in [0.05, 0.1) is 6.04 Å². The van der Waals surface area contributed by atoms with E-state index in [-0.39, 0.29) is 12.1 Å². The van der Waals surface area contributed by atoms with Gasteiger partial charge in [-0.2, -0.15) is 0 Å². The monoisotopic (exact) mass is 352 g/mol. The predicted molar refractivity (Wildman–Crippen MR) is 99.3 cm³/mol. The first-order valence-electron chi connectivity index (χ1n) is 8.98. The summed E-state index contributed by atoms with van der Waals surface area (Å²) in [6.07, 6.45) is 7.74. The van der Waals surface area contributed by atoms with Crippen LogP contribution in [0.3, 0.4) is 0 Å². The van der Waals surface area contributed by atoms with Crippen molar-refractivity contribution in [3.05, 3.63) is 65.5 Å². The average Bonchev–Trinajstić information content (AvgIpc) is 2.93. The molecule has 26 heavy (non-hydrogen) atoms. The lowest BCUT2D eigenvalue weighted by atomic mass is 10.0. The maximum absolute atomic E-state index is 12.8. The van der Waals surface area contributed by atoms with Crippen LogP contribution in [0.4, 0.5) is 4.79 Å². The van der Waals surface area contributed by atoms with E-state index in [1.807, 2.05) is 23.1 Å². The van der Waals surface area contributed by atoms with Crippen LogP contribution in [0.25, 0.3) is 0 Å². The lowest BCUT2D eigenvalue weighted by Gasteiger charge is -2.30. The summed E-state index contributed by atoms with van der Waals surface area (Å²) in [5, 5.41) is 2.98. The Bertz CT molecular complexity index is 763. The summed E-state index contributed by atoms with van der Waals surface area (Å²) in [6.45, 7) is 1.10. The molecule has 3 rings (SSSR count). The van der Waals surface area contributed by atoms with Crippen molar-refractivity contribution in [2.45, 2.75) is 38.3 Å². The van der Waals surface area contributed by atoms with Crippen LogP contribution in [0.1, 0.15) is 53.2 Å². The Morgan fingerprint density at radius 3 is 2.73 bits per heavy atom. The molecule has 0 radical (unpaired) electrons. The van der Waals surface area contributed by atoms with Crippen molar-refractivity contribution in [2.75, 3.05) is 6.54 Å². The third kappa shape index (κ3) is 4.39. The summed E-state index contributed by atoms with van der Waals surface area (Å²) in [7, 11) is 0. The van der Waals surface area contributed by atoms with Crippen molar-refractivity contribution in [3.8, 4) is 0 Å². The summed E-state index contributed by atoms with van der Waals surface area (Å²) < 4.78 is 0. The second kappa shape index (κ2) is 8.47. The van der Waals surface area contributed by atoms with Crippen LogP contribution in [0.15, 0.2) is 48.8 Å². The summed E-state index contributed by atoms with van der Waals surface area (Å²) in [4.78, 5) is 30.1. The van der Waals surface area contributed by atoms with E-state index in [1.54, 1.807) is 30.6 Å². The molecule has 2 heterocycles. The van der Waals surface area contributed by atoms with Gasteiger partial charge in [-0.3, -0.25) is 9.78 Å². The highest BCUT2D eigenvalue weighted by Gasteiger charge is 2.26. The van der Waals surface area contributed by atoms with E-state index < -0.39 is 5.91 Å². The first-order valence-corrected chi connectivity index (χ1v) is 8.98. The zero-order valence-corrected chi connectivity index (χ0v) is 14.7. The largest absolute Gasteiger partial charge is 0.366 e. The molecular weight excluding hydrogens is 328 g/mol. The lowest BCUT2D eigenvalue weighted by Crippen LogP contribution is -2.42. The van der Waals surface area contributed by atoms with Gasteiger partial charge in [0.1, 0.15) is 0 Å². The van der Waals surface area contributed by atoms with Gasteiger partial charge in [0.2, 0.25) is 5.91 Å². The molecule has 6 heteroatoms. The Morgan fingerprint density at radius 1 is 1.15 bits per heavy atom. The standard InChI is InChI=1S/C20H24N4O2/c21-19(25)17-6-4-5-15(13-17)14-23-20(26)24-12-3-1-2-7-18(24)16-8-10-22-11-9-16/h4-6,8-11,13,18H,1-3,7,12,14H2,(H2,21,25)(H,23,26). The summed E-state index contributed by atoms with van der Waals surface area (Å²) in [5.41, 5.74) is 7.73. The third-order valence-electron chi connectivity index (χ3n) is 4.76. The number of amides is 3. The molecule has 2 aromatic rings. The molecule has 0 bridgehead atoms. The van der Waals surface area contributed by atoms with Gasteiger partial charge < -0.3 is 16.0 Å². The number of nitrogens with two attached hydrogens (primary N) is 1. The molecule has 1 aliphatic heterocycles. The number of urea groups is 1. The van der Waals surface area contributed by atoms with E-state index >= 15 is 0 Å². The number of nitrogens with zero attached hydrogens (tertiary/aromatic N) is 2. The molecule has 1 aromatic carbocycles. The average molecular weight is 352 g/mol. The number of pyridine rings is 1. The third-order valence-corrected chi connectivity index (χ3v) is 4.76. The second-order valence-corrected chi connectivity index (χ2v) is 6.56. The topological polar surface area (TPSA) is 88.3 Å². The fraction of sp³-hybridized carbons (Fsp3) is 0.350. The quantitative estimate of drug-likeness (QED) is 0.886. The van der Waals surface area contributed by atoms with Crippen LogP contribution >= 0.6 is 0 Å². The number of hydrogen-bond donors (Lipinski definition) is 2. The minimum absolute atomic E-state index is 0.0671. The van der Waals surface area contributed by atoms with Gasteiger partial charge in [0.15, 0.2) is 0 Å². The summed E-state index contributed by atoms with van der Waals surface area (Å²) >= 11 is 0. The van der Waals surface area contributed by atoms with Gasteiger partial charge in [-0.1, -0.05) is 25.0 Å².